The van der Waals surface area contributed by atoms with Gasteiger partial charge in [0.25, 0.3) is 0 Å². The number of hydrogen-bond donors (Lipinski definition) is 7. The van der Waals surface area contributed by atoms with Gasteiger partial charge in [0.2, 0.25) is 0 Å². The molecule has 12 heteroatoms. The van der Waals surface area contributed by atoms with E-state index in [9.17, 15) is 40.5 Å². The van der Waals surface area contributed by atoms with Crippen molar-refractivity contribution in [3.05, 3.63) is 0 Å². The van der Waals surface area contributed by atoms with Crippen LogP contribution in [0.2, 0.25) is 0 Å². The van der Waals surface area contributed by atoms with Crippen molar-refractivity contribution in [2.45, 2.75) is 184 Å². The predicted molar refractivity (Wildman–Crippen MR) is 161 cm³/mol. The minimum atomic E-state index is -1.80. The minimum Gasteiger partial charge on any atom is -0.463 e. The van der Waals surface area contributed by atoms with E-state index in [0.717, 1.165) is 19.3 Å². The number of carbonyl (C=O) groups excluding carboxylic acids is 1. The lowest BCUT2D eigenvalue weighted by Gasteiger charge is -2.45. The molecule has 0 aromatic rings. The van der Waals surface area contributed by atoms with Crippen LogP contribution in [0, 0.1) is 0 Å². The van der Waals surface area contributed by atoms with E-state index in [1.54, 1.807) is 0 Å². The van der Waals surface area contributed by atoms with E-state index in [1.807, 2.05) is 0 Å². The molecule has 7 N–H and O–H groups in total. The van der Waals surface area contributed by atoms with Crippen molar-refractivity contribution in [2.75, 3.05) is 13.2 Å². The second-order valence-corrected chi connectivity index (χ2v) is 12.3. The van der Waals surface area contributed by atoms with Gasteiger partial charge in [-0.15, -0.1) is 0 Å². The average molecular weight is 638 g/mol. The highest BCUT2D eigenvalue weighted by Gasteiger charge is 2.50. The molecule has 0 aromatic heterocycles. The fourth-order valence-electron chi connectivity index (χ4n) is 5.69. The number of unbranched alkanes of at least 4 members (excludes halogenated alkanes) is 15. The zero-order chi connectivity index (χ0) is 33.2. The van der Waals surface area contributed by atoms with Crippen molar-refractivity contribution in [2.24, 2.45) is 0 Å². The molecule has 0 aliphatic carbocycles. The van der Waals surface area contributed by atoms with Crippen LogP contribution in [0.25, 0.3) is 0 Å². The molecular weight excluding hydrogens is 576 g/mol. The number of esters is 1. The molecule has 0 saturated carbocycles. The van der Waals surface area contributed by atoms with Gasteiger partial charge in [0.05, 0.1) is 6.61 Å². The van der Waals surface area contributed by atoms with Crippen molar-refractivity contribution in [1.82, 2.24) is 0 Å². The van der Waals surface area contributed by atoms with Gasteiger partial charge in [0.15, 0.2) is 12.6 Å². The standard InChI is InChI=1S/C32H60O12/c1-2-3-4-5-6-7-8-9-10-11-12-13-14-15-16-17-18-19-24(34)41-21-23-25(35)26(36)29(39)32(43-23)44-30-22(20-33)42-31(40)28(38)27(30)37/h22-23,25-33,35-40H,2-21H2,1H3/t22-,23-,25-,26+,27-,28+,29+,30-,31?,32?/m1/s1/i19D/t19?,22-,23-,25-,26+,27-,28+,29+,30-,31?,32?. The predicted octanol–water partition coefficient (Wildman–Crippen LogP) is 2.20. The Balaban J connectivity index is 1.60. The van der Waals surface area contributed by atoms with E-state index in [0.29, 0.717) is 12.8 Å². The second kappa shape index (κ2) is 22.6. The van der Waals surface area contributed by atoms with E-state index < -0.39 is 87.0 Å². The first-order chi connectivity index (χ1) is 21.6. The molecule has 0 aromatic carbocycles. The molecule has 12 nitrogen and oxygen atoms in total. The number of carbonyl (C=O) groups is 1. The molecule has 260 valence electrons. The first-order valence-electron chi connectivity index (χ1n) is 17.4. The second-order valence-electron chi connectivity index (χ2n) is 12.3. The summed E-state index contributed by atoms with van der Waals surface area (Å²) in [5.74, 6) is -0.807. The van der Waals surface area contributed by atoms with E-state index in [2.05, 4.69) is 6.92 Å². The monoisotopic (exact) mass is 637 g/mol. The van der Waals surface area contributed by atoms with Gasteiger partial charge in [-0.05, 0) is 6.42 Å². The molecule has 0 radical (unpaired) electrons. The third-order valence-corrected chi connectivity index (χ3v) is 8.56. The zero-order valence-electron chi connectivity index (χ0n) is 27.5. The molecule has 2 aliphatic heterocycles. The molecule has 0 amide bonds. The van der Waals surface area contributed by atoms with Gasteiger partial charge in [0.1, 0.15) is 55.4 Å². The largest absolute Gasteiger partial charge is 0.463 e. The van der Waals surface area contributed by atoms with Gasteiger partial charge in [-0.25, -0.2) is 0 Å². The topological polar surface area (TPSA) is 196 Å². The Morgan fingerprint density at radius 1 is 0.636 bits per heavy atom. The van der Waals surface area contributed by atoms with Crippen LogP contribution in [0.15, 0.2) is 0 Å². The normalized spacial score (nSPS) is 33.6. The summed E-state index contributed by atoms with van der Waals surface area (Å²) >= 11 is 0. The Morgan fingerprint density at radius 3 is 1.64 bits per heavy atom. The summed E-state index contributed by atoms with van der Waals surface area (Å²) in [4.78, 5) is 12.4. The first-order valence-corrected chi connectivity index (χ1v) is 16.9. The smallest absolute Gasteiger partial charge is 0.305 e. The van der Waals surface area contributed by atoms with Gasteiger partial charge in [0, 0.05) is 7.77 Å². The molecule has 2 fully saturated rings. The van der Waals surface area contributed by atoms with Crippen LogP contribution in [0.1, 0.15) is 124 Å². The van der Waals surface area contributed by atoms with Gasteiger partial charge in [-0.1, -0.05) is 110 Å². The van der Waals surface area contributed by atoms with Crippen molar-refractivity contribution < 1.29 is 60.9 Å². The summed E-state index contributed by atoms with van der Waals surface area (Å²) in [5.41, 5.74) is 0. The highest BCUT2D eigenvalue weighted by atomic mass is 16.7. The molecule has 3 unspecified atom stereocenters. The maximum atomic E-state index is 12.4. The van der Waals surface area contributed by atoms with Crippen LogP contribution in [-0.4, -0.2) is 116 Å². The molecule has 2 saturated heterocycles. The third-order valence-electron chi connectivity index (χ3n) is 8.56. The maximum absolute atomic E-state index is 12.4. The van der Waals surface area contributed by atoms with Crippen molar-refractivity contribution in [1.29, 1.82) is 0 Å². The quantitative estimate of drug-likeness (QED) is 0.0638. The van der Waals surface area contributed by atoms with Crippen LogP contribution in [0.4, 0.5) is 0 Å². The molecule has 0 spiro atoms. The van der Waals surface area contributed by atoms with Crippen molar-refractivity contribution in [3.63, 3.8) is 0 Å². The number of ether oxygens (including phenoxy) is 4. The number of rotatable bonds is 23. The number of aliphatic hydroxyl groups excluding tert-OH is 7. The first kappa shape index (κ1) is 37.5. The summed E-state index contributed by atoms with van der Waals surface area (Å²) in [6.45, 7) is 0.992. The van der Waals surface area contributed by atoms with E-state index in [4.69, 9.17) is 20.3 Å². The van der Waals surface area contributed by atoms with Gasteiger partial charge >= 0.3 is 5.97 Å². The van der Waals surface area contributed by atoms with Crippen LogP contribution in [0.3, 0.4) is 0 Å². The van der Waals surface area contributed by atoms with Crippen molar-refractivity contribution >= 4 is 5.97 Å². The summed E-state index contributed by atoms with van der Waals surface area (Å²) in [6, 6.07) is 0. The van der Waals surface area contributed by atoms with Gasteiger partial charge in [-0.3, -0.25) is 4.79 Å². The molecule has 2 rings (SSSR count). The maximum Gasteiger partial charge on any atom is 0.305 e. The third kappa shape index (κ3) is 13.8. The Kier molecular flexibility index (Phi) is 19.3. The Hall–Kier alpha value is -0.930. The molecule has 2 heterocycles. The van der Waals surface area contributed by atoms with Crippen LogP contribution >= 0.6 is 0 Å². The fraction of sp³-hybridized carbons (Fsp3) is 0.969. The average Bonchev–Trinajstić information content (AvgIpc) is 3.03. The summed E-state index contributed by atoms with van der Waals surface area (Å²) in [6.07, 6.45) is 2.55. The highest BCUT2D eigenvalue weighted by molar-refractivity contribution is 5.69. The Bertz CT molecular complexity index is 776. The lowest BCUT2D eigenvalue weighted by atomic mass is 9.97. The van der Waals surface area contributed by atoms with Crippen LogP contribution in [0.5, 0.6) is 0 Å². The lowest BCUT2D eigenvalue weighted by molar-refractivity contribution is -0.355. The van der Waals surface area contributed by atoms with Crippen molar-refractivity contribution in [3.8, 4) is 0 Å². The molecule has 11 atom stereocenters. The van der Waals surface area contributed by atoms with Crippen LogP contribution in [-0.2, 0) is 23.7 Å². The van der Waals surface area contributed by atoms with Gasteiger partial charge in [-0.2, -0.15) is 0 Å². The molecule has 44 heavy (non-hydrogen) atoms. The highest BCUT2D eigenvalue weighted by Crippen LogP contribution is 2.29. The number of hydrogen-bond acceptors (Lipinski definition) is 12. The lowest BCUT2D eigenvalue weighted by Crippen LogP contribution is -2.64. The SMILES string of the molecule is [2H]C(CCCCCCCCCCCCCCCCCC)C(=O)OC[C@H]1OC(O[C@H]2[C@H](O)[C@H](O)C(O)O[C@@H]2CO)[C@@H](O)[C@@H](O)[C@@H]1O. The molecule has 0 bridgehead atoms. The van der Waals surface area contributed by atoms with Gasteiger partial charge < -0.3 is 54.7 Å². The van der Waals surface area contributed by atoms with E-state index in [-0.39, 0.29) is 0 Å². The summed E-state index contributed by atoms with van der Waals surface area (Å²) in [7, 11) is 0. The molecular formula is C32H60O12. The fourth-order valence-corrected chi connectivity index (χ4v) is 5.69. The van der Waals surface area contributed by atoms with Crippen LogP contribution < -0.4 is 0 Å². The summed E-state index contributed by atoms with van der Waals surface area (Å²) < 4.78 is 29.3. The summed E-state index contributed by atoms with van der Waals surface area (Å²) in [5, 5.41) is 70.4. The zero-order valence-corrected chi connectivity index (χ0v) is 26.5. The number of aliphatic hydroxyl groups is 7. The Labute approximate surface area is 264 Å². The Morgan fingerprint density at radius 2 is 1.14 bits per heavy atom. The minimum absolute atomic E-state index is 0.328. The van der Waals surface area contributed by atoms with E-state index >= 15 is 0 Å². The van der Waals surface area contributed by atoms with E-state index in [1.165, 1.54) is 77.0 Å². The molecule has 2 aliphatic rings.